The zero-order chi connectivity index (χ0) is 15.9. The molecule has 0 radical (unpaired) electrons. The van der Waals surface area contributed by atoms with E-state index in [9.17, 15) is 10.1 Å². The molecule has 2 rings (SSSR count). The number of hydrogen-bond donors (Lipinski definition) is 1. The monoisotopic (exact) mass is 292 g/mol. The van der Waals surface area contributed by atoms with E-state index in [2.05, 4.69) is 5.32 Å². The Labute approximate surface area is 129 Å². The summed E-state index contributed by atoms with van der Waals surface area (Å²) in [5.41, 5.74) is 2.57. The van der Waals surface area contributed by atoms with Crippen LogP contribution in [0.5, 0.6) is 5.75 Å². The van der Waals surface area contributed by atoms with Crippen molar-refractivity contribution in [3.8, 4) is 11.8 Å². The van der Waals surface area contributed by atoms with Gasteiger partial charge in [-0.15, -0.1) is 0 Å². The van der Waals surface area contributed by atoms with Gasteiger partial charge in [-0.2, -0.15) is 5.26 Å². The van der Waals surface area contributed by atoms with Crippen molar-refractivity contribution >= 4 is 17.7 Å². The maximum absolute atomic E-state index is 12.1. The van der Waals surface area contributed by atoms with Crippen LogP contribution in [0.15, 0.2) is 54.1 Å². The molecule has 0 saturated carbocycles. The molecule has 0 atom stereocenters. The molecule has 0 fully saturated rings. The lowest BCUT2D eigenvalue weighted by Crippen LogP contribution is -2.13. The van der Waals surface area contributed by atoms with Gasteiger partial charge in [0.05, 0.1) is 7.11 Å². The van der Waals surface area contributed by atoms with Gasteiger partial charge in [0.15, 0.2) is 0 Å². The van der Waals surface area contributed by atoms with Gasteiger partial charge in [0, 0.05) is 5.69 Å². The first-order valence-corrected chi connectivity index (χ1v) is 6.76. The highest BCUT2D eigenvalue weighted by atomic mass is 16.5. The molecular weight excluding hydrogens is 276 g/mol. The molecule has 4 nitrogen and oxygen atoms in total. The minimum Gasteiger partial charge on any atom is -0.497 e. The van der Waals surface area contributed by atoms with E-state index in [1.165, 1.54) is 0 Å². The van der Waals surface area contributed by atoms with E-state index in [-0.39, 0.29) is 5.57 Å². The van der Waals surface area contributed by atoms with E-state index in [0.717, 1.165) is 16.9 Å². The van der Waals surface area contributed by atoms with Crippen molar-refractivity contribution in [3.05, 3.63) is 65.2 Å². The maximum atomic E-state index is 12.1. The number of methoxy groups -OCH3 is 1. The first-order valence-electron chi connectivity index (χ1n) is 6.76. The molecule has 0 heterocycles. The molecule has 0 bridgehead atoms. The molecule has 0 aliphatic rings. The van der Waals surface area contributed by atoms with Crippen LogP contribution in [0.3, 0.4) is 0 Å². The highest BCUT2D eigenvalue weighted by Gasteiger charge is 2.09. The lowest BCUT2D eigenvalue weighted by Gasteiger charge is -2.05. The van der Waals surface area contributed by atoms with Gasteiger partial charge in [0.25, 0.3) is 5.91 Å². The fourth-order valence-corrected chi connectivity index (χ4v) is 1.85. The number of anilines is 1. The zero-order valence-electron chi connectivity index (χ0n) is 12.5. The second-order valence-corrected chi connectivity index (χ2v) is 4.76. The van der Waals surface area contributed by atoms with Crippen LogP contribution < -0.4 is 10.1 Å². The van der Waals surface area contributed by atoms with Gasteiger partial charge in [-0.25, -0.2) is 0 Å². The Kier molecular flexibility index (Phi) is 4.94. The molecular formula is C18H16N2O2. The molecule has 1 amide bonds. The van der Waals surface area contributed by atoms with Crippen molar-refractivity contribution in [2.75, 3.05) is 12.4 Å². The van der Waals surface area contributed by atoms with E-state index in [0.29, 0.717) is 5.69 Å². The molecule has 22 heavy (non-hydrogen) atoms. The second-order valence-electron chi connectivity index (χ2n) is 4.76. The third-order valence-corrected chi connectivity index (χ3v) is 3.10. The molecule has 0 aliphatic carbocycles. The molecule has 4 heteroatoms. The summed E-state index contributed by atoms with van der Waals surface area (Å²) in [5, 5.41) is 11.9. The lowest BCUT2D eigenvalue weighted by molar-refractivity contribution is -0.112. The van der Waals surface area contributed by atoms with Crippen molar-refractivity contribution in [2.24, 2.45) is 0 Å². The number of aryl methyl sites for hydroxylation is 1. The number of amides is 1. The molecule has 110 valence electrons. The maximum Gasteiger partial charge on any atom is 0.266 e. The quantitative estimate of drug-likeness (QED) is 0.692. The number of hydrogen-bond acceptors (Lipinski definition) is 3. The van der Waals surface area contributed by atoms with Crippen LogP contribution in [0.4, 0.5) is 5.69 Å². The van der Waals surface area contributed by atoms with Gasteiger partial charge in [-0.3, -0.25) is 4.79 Å². The van der Waals surface area contributed by atoms with Crippen molar-refractivity contribution < 1.29 is 9.53 Å². The lowest BCUT2D eigenvalue weighted by atomic mass is 10.1. The van der Waals surface area contributed by atoms with Crippen LogP contribution in [0.1, 0.15) is 11.1 Å². The Morgan fingerprint density at radius 2 is 1.77 bits per heavy atom. The zero-order valence-corrected chi connectivity index (χ0v) is 12.5. The number of ether oxygens (including phenoxy) is 1. The summed E-state index contributed by atoms with van der Waals surface area (Å²) in [5.74, 6) is 0.293. The fraction of sp³-hybridized carbons (Fsp3) is 0.111. The summed E-state index contributed by atoms with van der Waals surface area (Å²) in [6.07, 6.45) is 1.54. The summed E-state index contributed by atoms with van der Waals surface area (Å²) in [6, 6.07) is 16.5. The second kappa shape index (κ2) is 7.09. The number of nitrogens with zero attached hydrogens (tertiary/aromatic N) is 1. The van der Waals surface area contributed by atoms with E-state index in [1.807, 2.05) is 25.1 Å². The van der Waals surface area contributed by atoms with Gasteiger partial charge < -0.3 is 10.1 Å². The van der Waals surface area contributed by atoms with E-state index in [1.54, 1.807) is 49.6 Å². The van der Waals surface area contributed by atoms with Gasteiger partial charge in [0.1, 0.15) is 17.4 Å². The molecule has 0 aliphatic heterocycles. The Hall–Kier alpha value is -3.06. The Morgan fingerprint density at radius 3 is 2.32 bits per heavy atom. The molecule has 0 unspecified atom stereocenters. The SMILES string of the molecule is COc1ccc(/C=C(/C#N)C(=O)Nc2ccc(C)cc2)cc1. The predicted octanol–water partition coefficient (Wildman–Crippen LogP) is 3.55. The van der Waals surface area contributed by atoms with Crippen molar-refractivity contribution in [3.63, 3.8) is 0 Å². The topological polar surface area (TPSA) is 62.1 Å². The number of carbonyl (C=O) groups excluding carboxylic acids is 1. The van der Waals surface area contributed by atoms with E-state index >= 15 is 0 Å². The van der Waals surface area contributed by atoms with Crippen LogP contribution in [0.2, 0.25) is 0 Å². The number of carbonyl (C=O) groups is 1. The highest BCUT2D eigenvalue weighted by molar-refractivity contribution is 6.09. The molecule has 0 spiro atoms. The van der Waals surface area contributed by atoms with Crippen molar-refractivity contribution in [1.82, 2.24) is 0 Å². The van der Waals surface area contributed by atoms with Crippen molar-refractivity contribution in [1.29, 1.82) is 5.26 Å². The molecule has 2 aromatic rings. The van der Waals surface area contributed by atoms with Gasteiger partial charge in [-0.1, -0.05) is 29.8 Å². The minimum absolute atomic E-state index is 0.0470. The van der Waals surface area contributed by atoms with E-state index in [4.69, 9.17) is 4.74 Å². The van der Waals surface area contributed by atoms with Crippen LogP contribution in [0.25, 0.3) is 6.08 Å². The first-order chi connectivity index (χ1) is 10.6. The average Bonchev–Trinajstić information content (AvgIpc) is 2.55. The van der Waals surface area contributed by atoms with Crippen LogP contribution in [-0.2, 0) is 4.79 Å². The number of rotatable bonds is 4. The predicted molar refractivity (Wildman–Crippen MR) is 86.4 cm³/mol. The fourth-order valence-electron chi connectivity index (χ4n) is 1.85. The van der Waals surface area contributed by atoms with Gasteiger partial charge in [0.2, 0.25) is 0 Å². The highest BCUT2D eigenvalue weighted by Crippen LogP contribution is 2.15. The summed E-state index contributed by atoms with van der Waals surface area (Å²) < 4.78 is 5.07. The molecule has 1 N–H and O–H groups in total. The normalized spacial score (nSPS) is 10.7. The van der Waals surface area contributed by atoms with Crippen molar-refractivity contribution in [2.45, 2.75) is 6.92 Å². The Balaban J connectivity index is 2.15. The number of benzene rings is 2. The largest absolute Gasteiger partial charge is 0.497 e. The summed E-state index contributed by atoms with van der Waals surface area (Å²) in [6.45, 7) is 1.97. The number of nitriles is 1. The Morgan fingerprint density at radius 1 is 1.14 bits per heavy atom. The standard InChI is InChI=1S/C18H16N2O2/c1-13-3-7-16(8-4-13)20-18(21)15(12-19)11-14-5-9-17(22-2)10-6-14/h3-11H,1-2H3,(H,20,21)/b15-11-. The summed E-state index contributed by atoms with van der Waals surface area (Å²) >= 11 is 0. The summed E-state index contributed by atoms with van der Waals surface area (Å²) in [4.78, 5) is 12.1. The molecule has 2 aromatic carbocycles. The molecule has 0 aromatic heterocycles. The van der Waals surface area contributed by atoms with E-state index < -0.39 is 5.91 Å². The minimum atomic E-state index is -0.429. The van der Waals surface area contributed by atoms with Crippen LogP contribution in [-0.4, -0.2) is 13.0 Å². The van der Waals surface area contributed by atoms with Gasteiger partial charge in [-0.05, 0) is 42.8 Å². The average molecular weight is 292 g/mol. The van der Waals surface area contributed by atoms with Crippen LogP contribution in [0, 0.1) is 18.3 Å². The molecule has 0 saturated heterocycles. The summed E-state index contributed by atoms with van der Waals surface area (Å²) in [7, 11) is 1.58. The van der Waals surface area contributed by atoms with Crippen LogP contribution >= 0.6 is 0 Å². The van der Waals surface area contributed by atoms with Gasteiger partial charge >= 0.3 is 0 Å². The first kappa shape index (κ1) is 15.3. The Bertz CT molecular complexity index is 723. The smallest absolute Gasteiger partial charge is 0.266 e. The number of nitrogens with one attached hydrogen (secondary N) is 1. The third kappa shape index (κ3) is 3.97. The third-order valence-electron chi connectivity index (χ3n) is 3.10.